The Morgan fingerprint density at radius 1 is 0.973 bits per heavy atom. The van der Waals surface area contributed by atoms with E-state index in [1.165, 1.54) is 47.9 Å². The van der Waals surface area contributed by atoms with Gasteiger partial charge >= 0.3 is 6.18 Å². The number of β-amino-alcohol motifs (C(OH)–C–C–N with tert-alkyl or cyclic N) is 1. The number of aryl methyl sites for hydroxylation is 1. The smallest absolute Gasteiger partial charge is 0.417 e. The number of anilines is 2. The predicted octanol–water partition coefficient (Wildman–Crippen LogP) is 8.72. The molecule has 7 rings (SSSR count). The summed E-state index contributed by atoms with van der Waals surface area (Å²) in [4.78, 5) is 63.0. The molecule has 73 heavy (non-hydrogen) atoms. The molecule has 14 nitrogen and oxygen atoms in total. The van der Waals surface area contributed by atoms with Crippen molar-refractivity contribution in [2.75, 3.05) is 36.2 Å². The fraction of sp³-hybridized carbons (Fsp3) is 0.377. The number of ether oxygens (including phenoxy) is 2. The number of thiocarbonyl (C=S) groups is 1. The first-order valence-corrected chi connectivity index (χ1v) is 24.7. The molecule has 2 aliphatic rings. The van der Waals surface area contributed by atoms with Gasteiger partial charge in [0.1, 0.15) is 35.8 Å². The zero-order valence-corrected chi connectivity index (χ0v) is 42.6. The fourth-order valence-electron chi connectivity index (χ4n) is 8.69. The van der Waals surface area contributed by atoms with E-state index in [1.54, 1.807) is 68.0 Å². The number of aromatic nitrogens is 1. The summed E-state index contributed by atoms with van der Waals surface area (Å²) < 4.78 is 68.8. The highest BCUT2D eigenvalue weighted by molar-refractivity contribution is 7.81. The second kappa shape index (κ2) is 22.1. The molecule has 1 aromatic heterocycles. The summed E-state index contributed by atoms with van der Waals surface area (Å²) in [6.07, 6.45) is -4.57. The van der Waals surface area contributed by atoms with Crippen LogP contribution in [0.3, 0.4) is 0 Å². The average molecular weight is 1040 g/mol. The molecule has 3 atom stereocenters. The van der Waals surface area contributed by atoms with Crippen LogP contribution in [0.1, 0.15) is 76.3 Å². The molecule has 0 aliphatic carbocycles. The number of alkyl halides is 3. The maximum atomic E-state index is 15.9. The zero-order chi connectivity index (χ0) is 53.0. The number of carbonyl (C=O) groups excluding carboxylic acids is 4. The van der Waals surface area contributed by atoms with Crippen LogP contribution in [-0.2, 0) is 36.6 Å². The summed E-state index contributed by atoms with van der Waals surface area (Å²) in [5.41, 5.74) is 1.47. The van der Waals surface area contributed by atoms with E-state index in [9.17, 15) is 42.7 Å². The maximum absolute atomic E-state index is 15.9. The molecule has 0 radical (unpaired) electrons. The lowest BCUT2D eigenvalue weighted by Gasteiger charge is -2.35. The SMILES string of the molecule is Cc1ncsc1-c1ccc(CNC(=O)[C@@H]2C[C@@H](O)CN2C(=O)C(NC(=O)COCCCCOc2ccc(-c3ccc(N4C(=S)N(c5ccc(C#N)c(C(F)(F)F)c5)C(=O)C4(C)C)c(F)c3)cc2)C(C)(C)C)cc1. The number of rotatable bonds is 17. The normalized spacial score (nSPS) is 17.2. The second-order valence-corrected chi connectivity index (χ2v) is 20.6. The Morgan fingerprint density at radius 3 is 2.27 bits per heavy atom. The number of aliphatic hydroxyl groups is 1. The van der Waals surface area contributed by atoms with Gasteiger partial charge in [-0.05, 0) is 116 Å². The first-order valence-electron chi connectivity index (χ1n) is 23.4. The molecule has 2 aliphatic heterocycles. The maximum Gasteiger partial charge on any atom is 0.417 e. The third-order valence-electron chi connectivity index (χ3n) is 12.6. The van der Waals surface area contributed by atoms with Crippen molar-refractivity contribution in [3.8, 4) is 33.4 Å². The van der Waals surface area contributed by atoms with E-state index in [-0.39, 0.29) is 49.2 Å². The van der Waals surface area contributed by atoms with Gasteiger partial charge in [0.05, 0.1) is 57.4 Å². The largest absolute Gasteiger partial charge is 0.494 e. The van der Waals surface area contributed by atoms with Gasteiger partial charge in [0, 0.05) is 26.1 Å². The minimum Gasteiger partial charge on any atom is -0.494 e. The molecule has 4 aromatic carbocycles. The van der Waals surface area contributed by atoms with E-state index in [0.717, 1.165) is 32.7 Å². The van der Waals surface area contributed by atoms with E-state index in [2.05, 4.69) is 15.6 Å². The van der Waals surface area contributed by atoms with Crippen LogP contribution in [0.2, 0.25) is 0 Å². The molecule has 384 valence electrons. The minimum absolute atomic E-state index is 0.0495. The van der Waals surface area contributed by atoms with Crippen LogP contribution in [0.4, 0.5) is 28.9 Å². The van der Waals surface area contributed by atoms with Gasteiger partial charge in [-0.25, -0.2) is 9.37 Å². The van der Waals surface area contributed by atoms with E-state index < -0.39 is 75.9 Å². The summed E-state index contributed by atoms with van der Waals surface area (Å²) in [5.74, 6) is -2.24. The summed E-state index contributed by atoms with van der Waals surface area (Å²) in [6.45, 7) is 10.8. The summed E-state index contributed by atoms with van der Waals surface area (Å²) in [6, 6.07) is 21.5. The van der Waals surface area contributed by atoms with Crippen molar-refractivity contribution in [3.05, 3.63) is 119 Å². The summed E-state index contributed by atoms with van der Waals surface area (Å²) in [5, 5.41) is 25.3. The molecule has 20 heteroatoms. The number of nitrogens with one attached hydrogen (secondary N) is 2. The lowest BCUT2D eigenvalue weighted by Crippen LogP contribution is -2.58. The van der Waals surface area contributed by atoms with Crippen LogP contribution in [0.5, 0.6) is 5.75 Å². The van der Waals surface area contributed by atoms with Crippen molar-refractivity contribution in [3.63, 3.8) is 0 Å². The number of hydrogen-bond donors (Lipinski definition) is 3. The van der Waals surface area contributed by atoms with Crippen LogP contribution in [0.25, 0.3) is 21.6 Å². The van der Waals surface area contributed by atoms with Crippen molar-refractivity contribution < 1.29 is 51.3 Å². The quantitative estimate of drug-likeness (QED) is 0.0461. The highest BCUT2D eigenvalue weighted by Crippen LogP contribution is 2.41. The van der Waals surface area contributed by atoms with Crippen LogP contribution >= 0.6 is 23.6 Å². The highest BCUT2D eigenvalue weighted by atomic mass is 32.1. The second-order valence-electron chi connectivity index (χ2n) is 19.4. The van der Waals surface area contributed by atoms with Gasteiger partial charge in [0.15, 0.2) is 5.11 Å². The third-order valence-corrected chi connectivity index (χ3v) is 14.0. The molecule has 3 N–H and O–H groups in total. The van der Waals surface area contributed by atoms with E-state index in [4.69, 9.17) is 21.7 Å². The number of nitriles is 1. The van der Waals surface area contributed by atoms with E-state index >= 15 is 4.39 Å². The van der Waals surface area contributed by atoms with Crippen molar-refractivity contribution >= 4 is 63.7 Å². The number of thiazole rings is 1. The number of amides is 4. The predicted molar refractivity (Wildman–Crippen MR) is 272 cm³/mol. The molecule has 2 fully saturated rings. The molecule has 3 heterocycles. The molecular weight excluding hydrogens is 987 g/mol. The fourth-order valence-corrected chi connectivity index (χ4v) is 10.0. The van der Waals surface area contributed by atoms with Crippen LogP contribution in [0.15, 0.2) is 90.4 Å². The van der Waals surface area contributed by atoms with Crippen molar-refractivity contribution in [1.82, 2.24) is 20.5 Å². The molecule has 0 saturated carbocycles. The number of likely N-dealkylation sites (tertiary alicyclic amines) is 1. The zero-order valence-electron chi connectivity index (χ0n) is 41.0. The van der Waals surface area contributed by atoms with Crippen molar-refractivity contribution in [2.24, 2.45) is 5.41 Å². The Bertz CT molecular complexity index is 2920. The van der Waals surface area contributed by atoms with Gasteiger partial charge in [0.25, 0.3) is 5.91 Å². The Labute approximate surface area is 429 Å². The van der Waals surface area contributed by atoms with Gasteiger partial charge in [-0.15, -0.1) is 11.3 Å². The van der Waals surface area contributed by atoms with Gasteiger partial charge < -0.3 is 35.0 Å². The lowest BCUT2D eigenvalue weighted by atomic mass is 9.85. The Kier molecular flexibility index (Phi) is 16.4. The first-order chi connectivity index (χ1) is 34.5. The topological polar surface area (TPSA) is 177 Å². The van der Waals surface area contributed by atoms with Gasteiger partial charge in [0.2, 0.25) is 17.7 Å². The van der Waals surface area contributed by atoms with Crippen LogP contribution < -0.4 is 25.2 Å². The molecule has 0 bridgehead atoms. The number of hydrogen-bond acceptors (Lipinski definition) is 11. The number of unbranched alkanes of at least 4 members (excludes halogenated alkanes) is 1. The standard InChI is InChI=1S/C53H55F4N7O7S2/c1-31-45(73-30-60-31)34-11-9-32(10-12-34)27-59-47(67)43-25-38(65)28-62(43)48(68)46(51(2,3)4)61-44(66)29-70-21-7-8-22-71-39-18-14-33(15-19-39)35-16-20-42(41(54)23-35)64-50(72)63(49(69)52(64,5)6)37-17-13-36(26-58)40(24-37)53(55,56)57/h9-20,23-24,30,38,43,46,65H,7-8,21-22,25,27-29H2,1-6H3,(H,59,67)(H,61,66)/t38-,43+,46?/m1/s1. The van der Waals surface area contributed by atoms with E-state index in [1.807, 2.05) is 31.2 Å². The third kappa shape index (κ3) is 12.2. The van der Waals surface area contributed by atoms with Crippen molar-refractivity contribution in [1.29, 1.82) is 5.26 Å². The van der Waals surface area contributed by atoms with Gasteiger partial charge in [-0.1, -0.05) is 63.2 Å². The van der Waals surface area contributed by atoms with Crippen molar-refractivity contribution in [2.45, 2.75) is 97.3 Å². The highest BCUT2D eigenvalue weighted by Gasteiger charge is 2.51. The summed E-state index contributed by atoms with van der Waals surface area (Å²) in [7, 11) is 0. The molecule has 4 amide bonds. The molecule has 1 unspecified atom stereocenters. The Morgan fingerprint density at radius 2 is 1.64 bits per heavy atom. The molecular formula is C53H55F4N7O7S2. The van der Waals surface area contributed by atoms with Crippen LogP contribution in [0, 0.1) is 29.5 Å². The first kappa shape index (κ1) is 54.0. The number of halogens is 4. The molecule has 0 spiro atoms. The Balaban J connectivity index is 0.853. The van der Waals surface area contributed by atoms with Crippen LogP contribution in [-0.4, -0.2) is 93.8 Å². The molecule has 5 aromatic rings. The minimum atomic E-state index is -4.87. The van der Waals surface area contributed by atoms with Gasteiger partial charge in [-0.2, -0.15) is 18.4 Å². The average Bonchev–Trinajstić information content (AvgIpc) is 4.01. The monoisotopic (exact) mass is 1040 g/mol. The Hall–Kier alpha value is -6.79. The number of nitrogens with zero attached hydrogens (tertiary/aromatic N) is 5. The van der Waals surface area contributed by atoms with E-state index in [0.29, 0.717) is 42.4 Å². The number of aliphatic hydroxyl groups excluding tert-OH is 1. The number of benzene rings is 4. The summed E-state index contributed by atoms with van der Waals surface area (Å²) >= 11 is 7.12. The number of carbonyl (C=O) groups is 4. The lowest BCUT2D eigenvalue weighted by molar-refractivity contribution is -0.144. The molecule has 2 saturated heterocycles. The van der Waals surface area contributed by atoms with Gasteiger partial charge in [-0.3, -0.25) is 24.1 Å².